The molecule has 0 spiro atoms. The maximum absolute atomic E-state index is 12.3. The summed E-state index contributed by atoms with van der Waals surface area (Å²) in [7, 11) is -3.23. The minimum Gasteiger partial charge on any atom is -0.478 e. The van der Waals surface area contributed by atoms with E-state index < -0.39 is 27.8 Å². The van der Waals surface area contributed by atoms with Crippen molar-refractivity contribution in [3.05, 3.63) is 34.4 Å². The first-order chi connectivity index (χ1) is 9.53. The Morgan fingerprint density at radius 3 is 2.10 bits per heavy atom. The van der Waals surface area contributed by atoms with Gasteiger partial charge in [-0.2, -0.15) is 0 Å². The molecule has 7 heteroatoms. The average Bonchev–Trinajstić information content (AvgIpc) is 2.28. The van der Waals surface area contributed by atoms with Crippen molar-refractivity contribution in [3.8, 4) is 0 Å². The molecule has 1 aromatic rings. The zero-order chi connectivity index (χ0) is 16.4. The van der Waals surface area contributed by atoms with Gasteiger partial charge in [0.2, 0.25) is 0 Å². The number of hydrogen-bond donors (Lipinski definition) is 2. The summed E-state index contributed by atoms with van der Waals surface area (Å²) in [5.74, 6) is -1.96. The third-order valence-electron chi connectivity index (χ3n) is 2.99. The van der Waals surface area contributed by atoms with Crippen LogP contribution in [0.25, 0.3) is 0 Å². The number of aryl methyl sites for hydroxylation is 2. The number of aromatic carboxylic acids is 1. The number of benzene rings is 1. The Morgan fingerprint density at radius 1 is 1.19 bits per heavy atom. The van der Waals surface area contributed by atoms with Gasteiger partial charge in [0.25, 0.3) is 5.91 Å². The second kappa shape index (κ2) is 6.26. The van der Waals surface area contributed by atoms with E-state index in [2.05, 4.69) is 5.32 Å². The zero-order valence-electron chi connectivity index (χ0n) is 12.4. The third-order valence-corrected chi connectivity index (χ3v) is 4.10. The van der Waals surface area contributed by atoms with Crippen LogP contribution in [0.5, 0.6) is 0 Å². The van der Waals surface area contributed by atoms with Crippen LogP contribution in [0.3, 0.4) is 0 Å². The quantitative estimate of drug-likeness (QED) is 0.849. The first kappa shape index (κ1) is 17.2. The average molecular weight is 313 g/mol. The van der Waals surface area contributed by atoms with Crippen LogP contribution in [0.15, 0.2) is 12.1 Å². The molecule has 1 aromatic carbocycles. The molecule has 0 aromatic heterocycles. The number of sulfone groups is 1. The lowest BCUT2D eigenvalue weighted by molar-refractivity contribution is 0.0689. The molecule has 0 aliphatic rings. The maximum atomic E-state index is 12.3. The fourth-order valence-electron chi connectivity index (χ4n) is 2.17. The Bertz CT molecular complexity index is 679. The number of carbonyl (C=O) groups excluding carboxylic acids is 1. The van der Waals surface area contributed by atoms with Gasteiger partial charge >= 0.3 is 5.97 Å². The Hall–Kier alpha value is -1.89. The minimum absolute atomic E-state index is 0.0564. The molecular formula is C14H19NO5S. The van der Waals surface area contributed by atoms with Crippen molar-refractivity contribution in [2.75, 3.05) is 12.0 Å². The highest BCUT2D eigenvalue weighted by atomic mass is 32.2. The number of rotatable bonds is 5. The van der Waals surface area contributed by atoms with Gasteiger partial charge in [-0.25, -0.2) is 13.2 Å². The Morgan fingerprint density at radius 2 is 1.67 bits per heavy atom. The lowest BCUT2D eigenvalue weighted by atomic mass is 9.96. The highest BCUT2D eigenvalue weighted by Crippen LogP contribution is 2.19. The third kappa shape index (κ3) is 4.56. The van der Waals surface area contributed by atoms with Gasteiger partial charge in [-0.1, -0.05) is 12.1 Å². The molecular weight excluding hydrogens is 294 g/mol. The van der Waals surface area contributed by atoms with E-state index in [1.165, 1.54) is 0 Å². The van der Waals surface area contributed by atoms with Gasteiger partial charge in [0, 0.05) is 12.3 Å². The molecule has 0 saturated heterocycles. The molecule has 1 amide bonds. The fraction of sp³-hybridized carbons (Fsp3) is 0.429. The van der Waals surface area contributed by atoms with Gasteiger partial charge < -0.3 is 10.4 Å². The van der Waals surface area contributed by atoms with Gasteiger partial charge in [-0.05, 0) is 31.9 Å². The van der Waals surface area contributed by atoms with Gasteiger partial charge in [-0.3, -0.25) is 4.79 Å². The number of carboxylic acids is 1. The van der Waals surface area contributed by atoms with E-state index >= 15 is 0 Å². The molecule has 0 heterocycles. The summed E-state index contributed by atoms with van der Waals surface area (Å²) in [6.07, 6.45) is 1.08. The standard InChI is InChI=1S/C14H19NO5S/c1-8-5-6-9(2)12(14(17)18)11(8)13(16)15-10(3)7-21(4,19)20/h5-6,10H,7H2,1-4H3,(H,15,16)(H,17,18). The summed E-state index contributed by atoms with van der Waals surface area (Å²) in [4.78, 5) is 23.6. The molecule has 2 N–H and O–H groups in total. The number of nitrogens with one attached hydrogen (secondary N) is 1. The predicted octanol–water partition coefficient (Wildman–Crippen LogP) is 1.16. The summed E-state index contributed by atoms with van der Waals surface area (Å²) in [5, 5.41) is 11.8. The summed E-state index contributed by atoms with van der Waals surface area (Å²) >= 11 is 0. The Kier molecular flexibility index (Phi) is 5.11. The van der Waals surface area contributed by atoms with Crippen molar-refractivity contribution in [2.24, 2.45) is 0 Å². The first-order valence-electron chi connectivity index (χ1n) is 6.35. The van der Waals surface area contributed by atoms with Crippen LogP contribution < -0.4 is 5.32 Å². The molecule has 21 heavy (non-hydrogen) atoms. The first-order valence-corrected chi connectivity index (χ1v) is 8.41. The smallest absolute Gasteiger partial charge is 0.336 e. The molecule has 0 aliphatic heterocycles. The van der Waals surface area contributed by atoms with E-state index in [1.807, 2.05) is 0 Å². The van der Waals surface area contributed by atoms with E-state index in [1.54, 1.807) is 32.9 Å². The van der Waals surface area contributed by atoms with E-state index in [0.29, 0.717) is 11.1 Å². The van der Waals surface area contributed by atoms with Gasteiger partial charge in [0.1, 0.15) is 9.84 Å². The fourth-order valence-corrected chi connectivity index (χ4v) is 3.16. The molecule has 1 rings (SSSR count). The van der Waals surface area contributed by atoms with Crippen LogP contribution >= 0.6 is 0 Å². The number of amides is 1. The number of carboxylic acid groups (broad SMARTS) is 1. The SMILES string of the molecule is Cc1ccc(C)c(C(=O)NC(C)CS(C)(=O)=O)c1C(=O)O. The molecule has 0 saturated carbocycles. The second-order valence-corrected chi connectivity index (χ2v) is 7.41. The minimum atomic E-state index is -3.23. The summed E-state index contributed by atoms with van der Waals surface area (Å²) in [6.45, 7) is 4.81. The molecule has 1 atom stereocenters. The second-order valence-electron chi connectivity index (χ2n) is 5.22. The van der Waals surface area contributed by atoms with Crippen molar-refractivity contribution < 1.29 is 23.1 Å². The number of carbonyl (C=O) groups is 2. The lowest BCUT2D eigenvalue weighted by Crippen LogP contribution is -2.38. The van der Waals surface area contributed by atoms with E-state index in [4.69, 9.17) is 0 Å². The number of hydrogen-bond acceptors (Lipinski definition) is 4. The van der Waals surface area contributed by atoms with Crippen molar-refractivity contribution in [3.63, 3.8) is 0 Å². The topological polar surface area (TPSA) is 101 Å². The predicted molar refractivity (Wildman–Crippen MR) is 79.5 cm³/mol. The highest BCUT2D eigenvalue weighted by molar-refractivity contribution is 7.90. The Labute approximate surface area is 124 Å². The van der Waals surface area contributed by atoms with Crippen molar-refractivity contribution in [2.45, 2.75) is 26.8 Å². The van der Waals surface area contributed by atoms with Crippen LogP contribution in [-0.2, 0) is 9.84 Å². The van der Waals surface area contributed by atoms with Crippen molar-refractivity contribution in [1.82, 2.24) is 5.32 Å². The molecule has 6 nitrogen and oxygen atoms in total. The molecule has 0 radical (unpaired) electrons. The summed E-state index contributed by atoms with van der Waals surface area (Å²) < 4.78 is 22.4. The highest BCUT2D eigenvalue weighted by Gasteiger charge is 2.23. The summed E-state index contributed by atoms with van der Waals surface area (Å²) in [6, 6.07) is 2.70. The van der Waals surface area contributed by atoms with Gasteiger partial charge in [0.05, 0.1) is 16.9 Å². The van der Waals surface area contributed by atoms with Crippen molar-refractivity contribution in [1.29, 1.82) is 0 Å². The monoisotopic (exact) mass is 313 g/mol. The lowest BCUT2D eigenvalue weighted by Gasteiger charge is -2.16. The molecule has 1 unspecified atom stereocenters. The normalized spacial score (nSPS) is 12.8. The van der Waals surface area contributed by atoms with Crippen molar-refractivity contribution >= 4 is 21.7 Å². The molecule has 0 bridgehead atoms. The van der Waals surface area contributed by atoms with Crippen LogP contribution in [0.1, 0.15) is 38.8 Å². The van der Waals surface area contributed by atoms with Crippen LogP contribution in [0, 0.1) is 13.8 Å². The van der Waals surface area contributed by atoms with Crippen LogP contribution in [0.4, 0.5) is 0 Å². The molecule has 116 valence electrons. The summed E-state index contributed by atoms with van der Waals surface area (Å²) in [5.41, 5.74) is 1.03. The van der Waals surface area contributed by atoms with Crippen LogP contribution in [0.2, 0.25) is 0 Å². The Balaban J connectivity index is 3.14. The van der Waals surface area contributed by atoms with E-state index in [-0.39, 0.29) is 16.9 Å². The van der Waals surface area contributed by atoms with E-state index in [0.717, 1.165) is 6.26 Å². The molecule has 0 fully saturated rings. The molecule has 0 aliphatic carbocycles. The van der Waals surface area contributed by atoms with Gasteiger partial charge in [0.15, 0.2) is 0 Å². The maximum Gasteiger partial charge on any atom is 0.336 e. The largest absolute Gasteiger partial charge is 0.478 e. The van der Waals surface area contributed by atoms with Crippen LogP contribution in [-0.4, -0.2) is 43.5 Å². The zero-order valence-corrected chi connectivity index (χ0v) is 13.2. The van der Waals surface area contributed by atoms with E-state index in [9.17, 15) is 23.1 Å². The van der Waals surface area contributed by atoms with Gasteiger partial charge in [-0.15, -0.1) is 0 Å².